The summed E-state index contributed by atoms with van der Waals surface area (Å²) in [6, 6.07) is 3.64. The zero-order valence-electron chi connectivity index (χ0n) is 9.27. The highest BCUT2D eigenvalue weighted by Gasteiger charge is 2.15. The molecule has 0 aliphatic heterocycles. The second kappa shape index (κ2) is 5.76. The number of benzene rings is 1. The number of carbonyl (C=O) groups is 3. The van der Waals surface area contributed by atoms with Crippen LogP contribution in [0.25, 0.3) is 0 Å². The van der Waals surface area contributed by atoms with Crippen LogP contribution in [0.5, 0.6) is 0 Å². The first-order valence-corrected chi connectivity index (χ1v) is 5.01. The van der Waals surface area contributed by atoms with Crippen molar-refractivity contribution in [1.82, 2.24) is 0 Å². The van der Waals surface area contributed by atoms with Gasteiger partial charge in [-0.25, -0.2) is 4.39 Å². The van der Waals surface area contributed by atoms with Gasteiger partial charge in [0.1, 0.15) is 5.82 Å². The summed E-state index contributed by atoms with van der Waals surface area (Å²) in [5.41, 5.74) is 4.49. The lowest BCUT2D eigenvalue weighted by Gasteiger charge is -2.08. The van der Waals surface area contributed by atoms with Crippen LogP contribution >= 0.6 is 0 Å². The maximum atomic E-state index is 13.3. The van der Waals surface area contributed by atoms with Crippen molar-refractivity contribution in [2.75, 3.05) is 5.32 Å². The molecule has 0 heterocycles. The van der Waals surface area contributed by atoms with Crippen LogP contribution in [0, 0.1) is 5.82 Å². The van der Waals surface area contributed by atoms with Gasteiger partial charge in [0.15, 0.2) is 0 Å². The largest absolute Gasteiger partial charge is 0.481 e. The first-order chi connectivity index (χ1) is 8.41. The monoisotopic (exact) mass is 254 g/mol. The predicted octanol–water partition coefficient (Wildman–Crippen LogP) is 0.728. The minimum absolute atomic E-state index is 0.0714. The van der Waals surface area contributed by atoms with Crippen molar-refractivity contribution in [2.24, 2.45) is 5.73 Å². The molecular weight excluding hydrogens is 243 g/mol. The Hall–Kier alpha value is -2.44. The molecule has 6 nitrogen and oxygen atoms in total. The number of nitrogens with one attached hydrogen (secondary N) is 1. The third-order valence-electron chi connectivity index (χ3n) is 2.10. The Kier molecular flexibility index (Phi) is 4.36. The van der Waals surface area contributed by atoms with Crippen molar-refractivity contribution in [1.29, 1.82) is 0 Å². The maximum absolute atomic E-state index is 13.3. The highest BCUT2D eigenvalue weighted by molar-refractivity contribution is 6.03. The Bertz CT molecular complexity index is 502. The molecule has 18 heavy (non-hydrogen) atoms. The van der Waals surface area contributed by atoms with E-state index in [9.17, 15) is 18.8 Å². The van der Waals surface area contributed by atoms with Crippen molar-refractivity contribution < 1.29 is 23.9 Å². The molecule has 0 radical (unpaired) electrons. The third kappa shape index (κ3) is 3.55. The van der Waals surface area contributed by atoms with Crippen molar-refractivity contribution in [3.8, 4) is 0 Å². The zero-order valence-corrected chi connectivity index (χ0v) is 9.27. The Balaban J connectivity index is 2.84. The molecule has 0 fully saturated rings. The highest BCUT2D eigenvalue weighted by Crippen LogP contribution is 2.18. The van der Waals surface area contributed by atoms with E-state index in [2.05, 4.69) is 5.32 Å². The number of carboxylic acids is 1. The second-order valence-electron chi connectivity index (χ2n) is 3.47. The van der Waals surface area contributed by atoms with E-state index >= 15 is 0 Å². The Morgan fingerprint density at radius 3 is 2.50 bits per heavy atom. The number of carboxylic acid groups (broad SMARTS) is 1. The van der Waals surface area contributed by atoms with Gasteiger partial charge >= 0.3 is 5.97 Å². The molecule has 0 aliphatic carbocycles. The molecule has 4 N–H and O–H groups in total. The average molecular weight is 254 g/mol. The van der Waals surface area contributed by atoms with Gasteiger partial charge in [0.25, 0.3) is 5.91 Å². The lowest BCUT2D eigenvalue weighted by atomic mass is 10.1. The number of carbonyl (C=O) groups excluding carboxylic acids is 2. The first kappa shape index (κ1) is 13.6. The number of halogens is 1. The van der Waals surface area contributed by atoms with Crippen LogP contribution in [0.2, 0.25) is 0 Å². The van der Waals surface area contributed by atoms with Crippen LogP contribution in [0.1, 0.15) is 23.2 Å². The van der Waals surface area contributed by atoms with Gasteiger partial charge in [0, 0.05) is 6.42 Å². The Labute approximate surface area is 102 Å². The molecule has 1 rings (SSSR count). The summed E-state index contributed by atoms with van der Waals surface area (Å²) in [6.45, 7) is 0. The molecule has 2 amide bonds. The number of primary amides is 1. The van der Waals surface area contributed by atoms with Gasteiger partial charge < -0.3 is 16.2 Å². The lowest BCUT2D eigenvalue weighted by molar-refractivity contribution is -0.138. The van der Waals surface area contributed by atoms with Crippen molar-refractivity contribution in [3.05, 3.63) is 29.6 Å². The lowest BCUT2D eigenvalue weighted by Crippen LogP contribution is -2.20. The summed E-state index contributed by atoms with van der Waals surface area (Å²) in [5, 5.41) is 10.6. The number of anilines is 1. The molecule has 0 saturated carbocycles. The van der Waals surface area contributed by atoms with Gasteiger partial charge in [-0.05, 0) is 12.1 Å². The molecule has 1 aromatic rings. The summed E-state index contributed by atoms with van der Waals surface area (Å²) in [7, 11) is 0. The second-order valence-corrected chi connectivity index (χ2v) is 3.47. The fourth-order valence-corrected chi connectivity index (χ4v) is 1.31. The zero-order chi connectivity index (χ0) is 13.7. The third-order valence-corrected chi connectivity index (χ3v) is 2.10. The van der Waals surface area contributed by atoms with Crippen LogP contribution in [0.15, 0.2) is 18.2 Å². The fourth-order valence-electron chi connectivity index (χ4n) is 1.31. The SMILES string of the molecule is NC(=O)c1c(F)cccc1NC(=O)CCC(=O)O. The molecule has 0 aliphatic rings. The quantitative estimate of drug-likeness (QED) is 0.719. The molecule has 0 atom stereocenters. The number of rotatable bonds is 5. The van der Waals surface area contributed by atoms with Crippen LogP contribution in [-0.2, 0) is 9.59 Å². The van der Waals surface area contributed by atoms with Gasteiger partial charge in [0.2, 0.25) is 5.91 Å². The molecule has 0 bridgehead atoms. The van der Waals surface area contributed by atoms with E-state index in [1.165, 1.54) is 12.1 Å². The minimum atomic E-state index is -1.13. The van der Waals surface area contributed by atoms with Crippen LogP contribution in [-0.4, -0.2) is 22.9 Å². The smallest absolute Gasteiger partial charge is 0.303 e. The van der Waals surface area contributed by atoms with E-state index in [4.69, 9.17) is 10.8 Å². The van der Waals surface area contributed by atoms with Crippen molar-refractivity contribution >= 4 is 23.5 Å². The molecule has 7 heteroatoms. The van der Waals surface area contributed by atoms with Gasteiger partial charge in [-0.1, -0.05) is 6.07 Å². The van der Waals surface area contributed by atoms with Gasteiger partial charge in [0.05, 0.1) is 17.7 Å². The minimum Gasteiger partial charge on any atom is -0.481 e. The van der Waals surface area contributed by atoms with E-state index in [1.54, 1.807) is 0 Å². The van der Waals surface area contributed by atoms with Crippen molar-refractivity contribution in [3.63, 3.8) is 0 Å². The van der Waals surface area contributed by atoms with Crippen LogP contribution in [0.3, 0.4) is 0 Å². The summed E-state index contributed by atoms with van der Waals surface area (Å²) in [4.78, 5) is 32.7. The van der Waals surface area contributed by atoms with E-state index in [-0.39, 0.29) is 18.5 Å². The maximum Gasteiger partial charge on any atom is 0.303 e. The predicted molar refractivity (Wildman–Crippen MR) is 60.4 cm³/mol. The van der Waals surface area contributed by atoms with Gasteiger partial charge in [-0.3, -0.25) is 14.4 Å². The fraction of sp³-hybridized carbons (Fsp3) is 0.182. The first-order valence-electron chi connectivity index (χ1n) is 5.01. The number of aliphatic carboxylic acids is 1. The highest BCUT2D eigenvalue weighted by atomic mass is 19.1. The molecule has 0 unspecified atom stereocenters. The van der Waals surface area contributed by atoms with Crippen LogP contribution in [0.4, 0.5) is 10.1 Å². The van der Waals surface area contributed by atoms with Gasteiger partial charge in [-0.2, -0.15) is 0 Å². The summed E-state index contributed by atoms with van der Waals surface area (Å²) >= 11 is 0. The molecule has 96 valence electrons. The Morgan fingerprint density at radius 1 is 1.28 bits per heavy atom. The standard InChI is InChI=1S/C11H11FN2O4/c12-6-2-1-3-7(10(6)11(13)18)14-8(15)4-5-9(16)17/h1-3H,4-5H2,(H2,13,18)(H,14,15)(H,16,17). The van der Waals surface area contributed by atoms with E-state index in [0.717, 1.165) is 6.07 Å². The van der Waals surface area contributed by atoms with E-state index < -0.39 is 29.2 Å². The number of hydrogen-bond acceptors (Lipinski definition) is 3. The molecule has 1 aromatic carbocycles. The molecule has 0 spiro atoms. The van der Waals surface area contributed by atoms with E-state index in [1.807, 2.05) is 0 Å². The summed E-state index contributed by atoms with van der Waals surface area (Å²) in [6.07, 6.45) is -0.628. The average Bonchev–Trinajstić information content (AvgIpc) is 2.26. The normalized spacial score (nSPS) is 9.83. The molecular formula is C11H11FN2O4. The summed E-state index contributed by atoms with van der Waals surface area (Å²) in [5.74, 6) is -3.62. The van der Waals surface area contributed by atoms with Crippen LogP contribution < -0.4 is 11.1 Å². The van der Waals surface area contributed by atoms with E-state index in [0.29, 0.717) is 0 Å². The number of amides is 2. The number of nitrogens with two attached hydrogens (primary N) is 1. The molecule has 0 saturated heterocycles. The summed E-state index contributed by atoms with van der Waals surface area (Å²) < 4.78 is 13.3. The Morgan fingerprint density at radius 2 is 1.94 bits per heavy atom. The van der Waals surface area contributed by atoms with Gasteiger partial charge in [-0.15, -0.1) is 0 Å². The molecule has 0 aromatic heterocycles. The van der Waals surface area contributed by atoms with Crippen molar-refractivity contribution in [2.45, 2.75) is 12.8 Å². The number of hydrogen-bond donors (Lipinski definition) is 3. The topological polar surface area (TPSA) is 109 Å².